The molecule has 0 aromatic carbocycles. The Labute approximate surface area is 80.3 Å². The van der Waals surface area contributed by atoms with E-state index in [1.807, 2.05) is 0 Å². The van der Waals surface area contributed by atoms with Crippen molar-refractivity contribution in [2.45, 2.75) is 6.04 Å². The Morgan fingerprint density at radius 1 is 1.80 bits per heavy atom. The van der Waals surface area contributed by atoms with Crippen LogP contribution in [-0.2, 0) is 19.9 Å². The Kier molecular flexibility index (Phi) is 13.5. The standard InChI is InChI=1S/C3H7NO2S.2ClH.Zn/c4-2(1-7)3(5)6;;;/h2,7H,1,4H2,(H,5,6);2*1H;/q;;;+2/p-2/t2-;;;/m0.../s1. The number of hydrogen-bond donors (Lipinski definition) is 3. The molecule has 0 aliphatic carbocycles. The van der Waals surface area contributed by atoms with E-state index in [9.17, 15) is 4.79 Å². The van der Waals surface area contributed by atoms with Crippen molar-refractivity contribution in [1.82, 2.24) is 0 Å². The summed E-state index contributed by atoms with van der Waals surface area (Å²) >= 11 is 2.72. The summed E-state index contributed by atoms with van der Waals surface area (Å²) in [5.41, 5.74) is 4.94. The number of carbonyl (C=O) groups is 1. The maximum absolute atomic E-state index is 9.76. The average Bonchev–Trinajstić information content (AvgIpc) is 1.88. The first-order valence-corrected chi connectivity index (χ1v) is 10.7. The molecule has 1 atom stereocenters. The third-order valence-electron chi connectivity index (χ3n) is 0.514. The molecule has 0 aliphatic heterocycles. The van der Waals surface area contributed by atoms with Crippen molar-refractivity contribution in [2.24, 2.45) is 5.73 Å². The van der Waals surface area contributed by atoms with E-state index in [1.54, 1.807) is 0 Å². The van der Waals surface area contributed by atoms with E-state index in [4.69, 9.17) is 30.2 Å². The molecule has 0 saturated carbocycles. The van der Waals surface area contributed by atoms with E-state index >= 15 is 0 Å². The number of carboxylic acid groups (broad SMARTS) is 1. The predicted molar refractivity (Wildman–Crippen MR) is 41.2 cm³/mol. The second-order valence-corrected chi connectivity index (χ2v) is 6.22. The fraction of sp³-hybridized carbons (Fsp3) is 0.667. The molecule has 58 valence electrons. The molecule has 3 nitrogen and oxygen atoms in total. The van der Waals surface area contributed by atoms with Gasteiger partial charge in [0, 0.05) is 5.75 Å². The van der Waals surface area contributed by atoms with Crippen LogP contribution in [0.2, 0.25) is 0 Å². The van der Waals surface area contributed by atoms with Gasteiger partial charge >= 0.3 is 40.5 Å². The Balaban J connectivity index is 0. The first-order valence-electron chi connectivity index (χ1n) is 2.31. The first-order chi connectivity index (χ1) is 4.59. The molecule has 7 heteroatoms. The number of rotatable bonds is 2. The SMILES string of the molecule is N[C@@H](CS)C(=O)O.[Cl][Zn][Cl]. The van der Waals surface area contributed by atoms with E-state index in [0.717, 1.165) is 0 Å². The quantitative estimate of drug-likeness (QED) is 0.504. The Morgan fingerprint density at radius 2 is 2.10 bits per heavy atom. The average molecular weight is 257 g/mol. The number of carboxylic acids is 1. The van der Waals surface area contributed by atoms with Crippen LogP contribution in [0.4, 0.5) is 0 Å². The molecule has 0 unspecified atom stereocenters. The van der Waals surface area contributed by atoms with E-state index in [1.165, 1.54) is 0 Å². The summed E-state index contributed by atoms with van der Waals surface area (Å²) in [7, 11) is 9.90. The normalized spacial score (nSPS) is 10.4. The molecule has 0 amide bonds. The van der Waals surface area contributed by atoms with Crippen molar-refractivity contribution in [3.63, 3.8) is 0 Å². The van der Waals surface area contributed by atoms with E-state index in [-0.39, 0.29) is 5.75 Å². The van der Waals surface area contributed by atoms with Crippen molar-refractivity contribution in [2.75, 3.05) is 5.75 Å². The van der Waals surface area contributed by atoms with Crippen molar-refractivity contribution >= 4 is 38.0 Å². The molecular weight excluding hydrogens is 250 g/mol. The third-order valence-corrected chi connectivity index (χ3v) is 0.907. The number of aliphatic carboxylic acids is 1. The van der Waals surface area contributed by atoms with Crippen LogP contribution in [0.15, 0.2) is 0 Å². The molecule has 0 bridgehead atoms. The van der Waals surface area contributed by atoms with Crippen molar-refractivity contribution in [3.05, 3.63) is 0 Å². The Hall–Kier alpha value is 0.983. The van der Waals surface area contributed by atoms with Gasteiger partial charge in [0.2, 0.25) is 0 Å². The molecule has 0 aromatic heterocycles. The summed E-state index contributed by atoms with van der Waals surface area (Å²) in [6.07, 6.45) is 0. The summed E-state index contributed by atoms with van der Waals surface area (Å²) < 4.78 is 0. The van der Waals surface area contributed by atoms with Crippen LogP contribution in [0.3, 0.4) is 0 Å². The topological polar surface area (TPSA) is 63.3 Å². The van der Waals surface area contributed by atoms with E-state index in [2.05, 4.69) is 12.6 Å². The van der Waals surface area contributed by atoms with Crippen LogP contribution in [0, 0.1) is 0 Å². The predicted octanol–water partition coefficient (Wildman–Crippen LogP) is 0.705. The van der Waals surface area contributed by atoms with Gasteiger partial charge < -0.3 is 10.8 Å². The summed E-state index contributed by atoms with van der Waals surface area (Å²) in [4.78, 5) is 9.76. The van der Waals surface area contributed by atoms with Crippen LogP contribution in [0.1, 0.15) is 0 Å². The van der Waals surface area contributed by atoms with Gasteiger partial charge in [-0.15, -0.1) is 0 Å². The zero-order chi connectivity index (χ0) is 8.57. The van der Waals surface area contributed by atoms with Crippen LogP contribution in [-0.4, -0.2) is 22.9 Å². The molecule has 0 rings (SSSR count). The molecular formula is C3H7Cl2NO2SZn. The van der Waals surface area contributed by atoms with Gasteiger partial charge in [-0.05, 0) is 0 Å². The zero-order valence-electron chi connectivity index (χ0n) is 5.13. The van der Waals surface area contributed by atoms with Gasteiger partial charge in [0.15, 0.2) is 0 Å². The van der Waals surface area contributed by atoms with Gasteiger partial charge in [0.1, 0.15) is 6.04 Å². The number of hydrogen-bond acceptors (Lipinski definition) is 3. The zero-order valence-corrected chi connectivity index (χ0v) is 10.5. The summed E-state index contributed by atoms with van der Waals surface area (Å²) in [6.45, 7) is 0. The van der Waals surface area contributed by atoms with E-state index < -0.39 is 27.2 Å². The minimum atomic E-state index is -1.00. The second-order valence-electron chi connectivity index (χ2n) is 1.23. The van der Waals surface area contributed by atoms with Crippen molar-refractivity contribution in [3.8, 4) is 0 Å². The molecule has 0 spiro atoms. The Bertz CT molecular complexity index is 96.6. The first kappa shape index (κ1) is 13.6. The van der Waals surface area contributed by atoms with E-state index in [0.29, 0.717) is 0 Å². The fourth-order valence-electron chi connectivity index (χ4n) is 0.0781. The van der Waals surface area contributed by atoms with Crippen LogP contribution < -0.4 is 5.73 Å². The van der Waals surface area contributed by atoms with Gasteiger partial charge in [-0.3, -0.25) is 4.79 Å². The number of nitrogens with two attached hydrogens (primary N) is 1. The van der Waals surface area contributed by atoms with Gasteiger partial charge in [0.25, 0.3) is 0 Å². The van der Waals surface area contributed by atoms with Crippen molar-refractivity contribution < 1.29 is 25.0 Å². The summed E-state index contributed by atoms with van der Waals surface area (Å²) in [6, 6.07) is -0.816. The summed E-state index contributed by atoms with van der Waals surface area (Å²) in [5.74, 6) is -0.815. The van der Waals surface area contributed by atoms with Crippen molar-refractivity contribution in [1.29, 1.82) is 0 Å². The van der Waals surface area contributed by atoms with Crippen LogP contribution in [0.25, 0.3) is 0 Å². The summed E-state index contributed by atoms with van der Waals surface area (Å²) in [5, 5.41) is 8.01. The monoisotopic (exact) mass is 255 g/mol. The third kappa shape index (κ3) is 11.7. The molecule has 3 N–H and O–H groups in total. The second kappa shape index (κ2) is 9.98. The fourth-order valence-corrected chi connectivity index (χ4v) is 0.234. The number of thiol groups is 1. The Morgan fingerprint density at radius 3 is 2.10 bits per heavy atom. The molecule has 10 heavy (non-hydrogen) atoms. The minimum absolute atomic E-state index is 0.190. The molecule has 0 saturated heterocycles. The van der Waals surface area contributed by atoms with Crippen LogP contribution >= 0.6 is 32.0 Å². The van der Waals surface area contributed by atoms with Crippen LogP contribution in [0.5, 0.6) is 0 Å². The molecule has 0 fully saturated rings. The molecule has 0 radical (unpaired) electrons. The number of halogens is 2. The van der Waals surface area contributed by atoms with Gasteiger partial charge in [0.05, 0.1) is 0 Å². The molecule has 0 heterocycles. The van der Waals surface area contributed by atoms with Gasteiger partial charge in [-0.1, -0.05) is 0 Å². The molecule has 0 aliphatic rings. The van der Waals surface area contributed by atoms with Gasteiger partial charge in [-0.2, -0.15) is 12.6 Å². The molecule has 0 aromatic rings. The maximum atomic E-state index is 9.76. The van der Waals surface area contributed by atoms with Gasteiger partial charge in [-0.25, -0.2) is 0 Å².